The largest absolute Gasteiger partial charge is 0.368 e. The first-order valence-electron chi connectivity index (χ1n) is 6.22. The molecule has 0 bridgehead atoms. The maximum Gasteiger partial charge on any atom is 0.0511 e. The van der Waals surface area contributed by atoms with Crippen molar-refractivity contribution >= 4 is 21.6 Å². The lowest BCUT2D eigenvalue weighted by Gasteiger charge is -2.43. The third kappa shape index (κ3) is 2.66. The third-order valence-corrected chi connectivity index (χ3v) is 4.44. The Hall–Kier alpha value is -0.540. The predicted octanol–water partition coefficient (Wildman–Crippen LogP) is 3.29. The van der Waals surface area contributed by atoms with Crippen LogP contribution in [0.15, 0.2) is 22.7 Å². The summed E-state index contributed by atoms with van der Waals surface area (Å²) in [5.41, 5.74) is 2.62. The molecule has 0 aromatic heterocycles. The Morgan fingerprint density at radius 1 is 1.18 bits per heavy atom. The van der Waals surface area contributed by atoms with Gasteiger partial charge in [-0.05, 0) is 61.4 Å². The van der Waals surface area contributed by atoms with Gasteiger partial charge in [0, 0.05) is 29.6 Å². The van der Waals surface area contributed by atoms with E-state index in [9.17, 15) is 0 Å². The Balaban J connectivity index is 2.23. The molecule has 1 aromatic rings. The van der Waals surface area contributed by atoms with E-state index >= 15 is 0 Å². The summed E-state index contributed by atoms with van der Waals surface area (Å²) in [7, 11) is 2.22. The van der Waals surface area contributed by atoms with Crippen LogP contribution in [0.2, 0.25) is 0 Å². The number of hydrogen-bond donors (Lipinski definition) is 0. The van der Waals surface area contributed by atoms with Crippen LogP contribution in [0.25, 0.3) is 0 Å². The molecule has 2 rings (SSSR count). The summed E-state index contributed by atoms with van der Waals surface area (Å²) in [6.45, 7) is 8.92. The van der Waals surface area contributed by atoms with Gasteiger partial charge in [-0.3, -0.25) is 4.90 Å². The summed E-state index contributed by atoms with van der Waals surface area (Å²) in [6, 6.07) is 7.82. The van der Waals surface area contributed by atoms with Gasteiger partial charge in [0.25, 0.3) is 0 Å². The number of halogens is 1. The number of hydrogen-bond acceptors (Lipinski definition) is 2. The minimum absolute atomic E-state index is 0.604. The molecule has 0 unspecified atom stereocenters. The number of piperazine rings is 1. The summed E-state index contributed by atoms with van der Waals surface area (Å²) >= 11 is 3.68. The summed E-state index contributed by atoms with van der Waals surface area (Å²) < 4.78 is 1.21. The van der Waals surface area contributed by atoms with Gasteiger partial charge in [-0.1, -0.05) is 6.07 Å². The van der Waals surface area contributed by atoms with Crippen LogP contribution in [-0.2, 0) is 0 Å². The molecule has 17 heavy (non-hydrogen) atoms. The molecule has 0 aliphatic carbocycles. The molecule has 0 spiro atoms. The Bertz CT molecular complexity index is 393. The number of rotatable bonds is 1. The maximum atomic E-state index is 3.68. The van der Waals surface area contributed by atoms with Crippen LogP contribution in [0.4, 0.5) is 5.69 Å². The first-order valence-corrected chi connectivity index (χ1v) is 7.01. The minimum Gasteiger partial charge on any atom is -0.368 e. The van der Waals surface area contributed by atoms with E-state index in [1.807, 2.05) is 0 Å². The zero-order valence-corrected chi connectivity index (χ0v) is 12.7. The van der Waals surface area contributed by atoms with Crippen molar-refractivity contribution in [2.45, 2.75) is 32.9 Å². The first-order chi connectivity index (χ1) is 7.99. The smallest absolute Gasteiger partial charge is 0.0511 e. The SMILES string of the molecule is Cc1ccc(N2C[C@@H](C)N(C)[C@@H](C)C2)c(Br)c1. The highest BCUT2D eigenvalue weighted by molar-refractivity contribution is 9.10. The molecule has 0 N–H and O–H groups in total. The van der Waals surface area contributed by atoms with Gasteiger partial charge in [0.1, 0.15) is 0 Å². The van der Waals surface area contributed by atoms with Crippen molar-refractivity contribution in [3.63, 3.8) is 0 Å². The normalized spacial score (nSPS) is 26.3. The van der Waals surface area contributed by atoms with Gasteiger partial charge >= 0.3 is 0 Å². The summed E-state index contributed by atoms with van der Waals surface area (Å²) in [4.78, 5) is 4.94. The van der Waals surface area contributed by atoms with Gasteiger partial charge < -0.3 is 4.90 Å². The molecule has 1 aliphatic rings. The van der Waals surface area contributed by atoms with Gasteiger partial charge in [-0.25, -0.2) is 0 Å². The van der Waals surface area contributed by atoms with E-state index in [-0.39, 0.29) is 0 Å². The topological polar surface area (TPSA) is 6.48 Å². The van der Waals surface area contributed by atoms with Gasteiger partial charge in [0.05, 0.1) is 5.69 Å². The molecular formula is C14H21BrN2. The van der Waals surface area contributed by atoms with Crippen molar-refractivity contribution in [3.05, 3.63) is 28.2 Å². The standard InChI is InChI=1S/C14H21BrN2/c1-10-5-6-14(13(15)7-10)17-8-11(2)16(4)12(3)9-17/h5-7,11-12H,8-9H2,1-4H3/t11-,12+. The van der Waals surface area contributed by atoms with Gasteiger partial charge in [0.2, 0.25) is 0 Å². The second-order valence-corrected chi connectivity index (χ2v) is 6.08. The molecule has 94 valence electrons. The van der Waals surface area contributed by atoms with Crippen LogP contribution in [0.3, 0.4) is 0 Å². The molecule has 0 amide bonds. The van der Waals surface area contributed by atoms with Gasteiger partial charge in [0.15, 0.2) is 0 Å². The highest BCUT2D eigenvalue weighted by atomic mass is 79.9. The second kappa shape index (κ2) is 4.99. The Labute approximate surface area is 113 Å². The summed E-state index contributed by atoms with van der Waals surface area (Å²) in [6.07, 6.45) is 0. The van der Waals surface area contributed by atoms with E-state index in [1.54, 1.807) is 0 Å². The van der Waals surface area contributed by atoms with E-state index in [2.05, 4.69) is 71.7 Å². The Kier molecular flexibility index (Phi) is 3.79. The molecule has 1 heterocycles. The lowest BCUT2D eigenvalue weighted by Crippen LogP contribution is -2.55. The zero-order valence-electron chi connectivity index (χ0n) is 11.1. The maximum absolute atomic E-state index is 3.68. The van der Waals surface area contributed by atoms with Crippen LogP contribution in [0.5, 0.6) is 0 Å². The van der Waals surface area contributed by atoms with Gasteiger partial charge in [-0.15, -0.1) is 0 Å². The van der Waals surface area contributed by atoms with Crippen LogP contribution in [0.1, 0.15) is 19.4 Å². The van der Waals surface area contributed by atoms with Crippen LogP contribution >= 0.6 is 15.9 Å². The molecule has 0 radical (unpaired) electrons. The number of likely N-dealkylation sites (N-methyl/N-ethyl adjacent to an activating group) is 1. The molecule has 2 atom stereocenters. The number of aryl methyl sites for hydroxylation is 1. The monoisotopic (exact) mass is 296 g/mol. The number of benzene rings is 1. The van der Waals surface area contributed by atoms with Crippen molar-refractivity contribution in [1.82, 2.24) is 4.90 Å². The van der Waals surface area contributed by atoms with Crippen molar-refractivity contribution < 1.29 is 0 Å². The van der Waals surface area contributed by atoms with Crippen LogP contribution in [-0.4, -0.2) is 37.1 Å². The third-order valence-electron chi connectivity index (χ3n) is 3.80. The van der Waals surface area contributed by atoms with Crippen molar-refractivity contribution in [3.8, 4) is 0 Å². The van der Waals surface area contributed by atoms with Gasteiger partial charge in [-0.2, -0.15) is 0 Å². The van der Waals surface area contributed by atoms with Crippen molar-refractivity contribution in [1.29, 1.82) is 0 Å². The fraction of sp³-hybridized carbons (Fsp3) is 0.571. The average molecular weight is 297 g/mol. The second-order valence-electron chi connectivity index (χ2n) is 5.22. The summed E-state index contributed by atoms with van der Waals surface area (Å²) in [5.74, 6) is 0. The fourth-order valence-corrected chi connectivity index (χ4v) is 3.21. The lowest BCUT2D eigenvalue weighted by atomic mass is 10.1. The Morgan fingerprint density at radius 2 is 1.76 bits per heavy atom. The van der Waals surface area contributed by atoms with E-state index in [0.29, 0.717) is 12.1 Å². The average Bonchev–Trinajstić information content (AvgIpc) is 2.25. The van der Waals surface area contributed by atoms with E-state index in [0.717, 1.165) is 13.1 Å². The van der Waals surface area contributed by atoms with E-state index < -0.39 is 0 Å². The molecular weight excluding hydrogens is 276 g/mol. The quantitative estimate of drug-likeness (QED) is 0.785. The van der Waals surface area contributed by atoms with Crippen LogP contribution in [0, 0.1) is 6.92 Å². The lowest BCUT2D eigenvalue weighted by molar-refractivity contribution is 0.170. The first kappa shape index (κ1) is 12.9. The minimum atomic E-state index is 0.604. The fourth-order valence-electron chi connectivity index (χ4n) is 2.47. The highest BCUT2D eigenvalue weighted by Crippen LogP contribution is 2.29. The molecule has 1 fully saturated rings. The zero-order chi connectivity index (χ0) is 12.6. The molecule has 2 nitrogen and oxygen atoms in total. The highest BCUT2D eigenvalue weighted by Gasteiger charge is 2.27. The van der Waals surface area contributed by atoms with Crippen molar-refractivity contribution in [2.75, 3.05) is 25.0 Å². The number of nitrogens with zero attached hydrogens (tertiary/aromatic N) is 2. The van der Waals surface area contributed by atoms with E-state index in [1.165, 1.54) is 15.7 Å². The molecule has 0 saturated carbocycles. The van der Waals surface area contributed by atoms with E-state index in [4.69, 9.17) is 0 Å². The molecule has 1 aliphatic heterocycles. The number of anilines is 1. The van der Waals surface area contributed by atoms with Crippen molar-refractivity contribution in [2.24, 2.45) is 0 Å². The molecule has 3 heteroatoms. The Morgan fingerprint density at radius 3 is 2.29 bits per heavy atom. The molecule has 1 saturated heterocycles. The molecule has 1 aromatic carbocycles. The summed E-state index contributed by atoms with van der Waals surface area (Å²) in [5, 5.41) is 0. The predicted molar refractivity (Wildman–Crippen MR) is 77.8 cm³/mol. The van der Waals surface area contributed by atoms with Crippen LogP contribution < -0.4 is 4.90 Å².